The molecule has 1 saturated heterocycles. The zero-order valence-electron chi connectivity index (χ0n) is 10.5. The van der Waals surface area contributed by atoms with E-state index in [9.17, 15) is 0 Å². The predicted octanol–water partition coefficient (Wildman–Crippen LogP) is 3.18. The molecule has 2 rings (SSSR count). The van der Waals surface area contributed by atoms with E-state index >= 15 is 0 Å². The molecule has 0 radical (unpaired) electrons. The van der Waals surface area contributed by atoms with Gasteiger partial charge in [0.1, 0.15) is 0 Å². The van der Waals surface area contributed by atoms with E-state index in [0.717, 1.165) is 12.3 Å². The average molecular weight is 217 g/mol. The molecule has 2 atom stereocenters. The summed E-state index contributed by atoms with van der Waals surface area (Å²) >= 11 is 0. The Balaban J connectivity index is 1.93. The first-order valence-corrected chi connectivity index (χ1v) is 6.59. The van der Waals surface area contributed by atoms with Gasteiger partial charge in [-0.2, -0.15) is 0 Å². The molecule has 1 aromatic carbocycles. The average Bonchev–Trinajstić information content (AvgIpc) is 2.32. The molecule has 2 unspecified atom stereocenters. The first kappa shape index (κ1) is 11.7. The third-order valence-electron chi connectivity index (χ3n) is 3.64. The van der Waals surface area contributed by atoms with E-state index in [1.165, 1.54) is 36.9 Å². The third kappa shape index (κ3) is 3.08. The van der Waals surface area contributed by atoms with Crippen molar-refractivity contribution >= 4 is 0 Å². The fourth-order valence-electron chi connectivity index (χ4n) is 2.49. The molecule has 1 nitrogen and oxygen atoms in total. The van der Waals surface area contributed by atoms with Crippen molar-refractivity contribution in [1.82, 2.24) is 5.32 Å². The van der Waals surface area contributed by atoms with Gasteiger partial charge in [-0.1, -0.05) is 38.1 Å². The molecular weight excluding hydrogens is 194 g/mol. The zero-order valence-corrected chi connectivity index (χ0v) is 10.5. The Bertz CT molecular complexity index is 324. The van der Waals surface area contributed by atoms with Gasteiger partial charge in [-0.3, -0.25) is 0 Å². The van der Waals surface area contributed by atoms with Crippen LogP contribution in [0.3, 0.4) is 0 Å². The molecule has 1 aliphatic rings. The lowest BCUT2D eigenvalue weighted by Gasteiger charge is -2.28. The first-order valence-electron chi connectivity index (χ1n) is 6.59. The van der Waals surface area contributed by atoms with Crippen molar-refractivity contribution in [3.05, 3.63) is 35.4 Å². The fourth-order valence-corrected chi connectivity index (χ4v) is 2.49. The highest BCUT2D eigenvalue weighted by molar-refractivity contribution is 5.24. The SMILES string of the molecule is CCc1cccc(CC2CCC(C)CN2)c1. The van der Waals surface area contributed by atoms with Gasteiger partial charge in [-0.15, -0.1) is 0 Å². The van der Waals surface area contributed by atoms with Crippen molar-refractivity contribution in [2.75, 3.05) is 6.54 Å². The van der Waals surface area contributed by atoms with Crippen LogP contribution in [0, 0.1) is 5.92 Å². The van der Waals surface area contributed by atoms with Gasteiger partial charge in [0.2, 0.25) is 0 Å². The Morgan fingerprint density at radius 2 is 2.06 bits per heavy atom. The van der Waals surface area contributed by atoms with Crippen LogP contribution in [-0.2, 0) is 12.8 Å². The van der Waals surface area contributed by atoms with Crippen LogP contribution in [-0.4, -0.2) is 12.6 Å². The van der Waals surface area contributed by atoms with Gasteiger partial charge in [-0.25, -0.2) is 0 Å². The van der Waals surface area contributed by atoms with Crippen LogP contribution in [0.2, 0.25) is 0 Å². The summed E-state index contributed by atoms with van der Waals surface area (Å²) in [6.45, 7) is 5.75. The lowest BCUT2D eigenvalue weighted by molar-refractivity contribution is 0.326. The van der Waals surface area contributed by atoms with Crippen molar-refractivity contribution in [3.63, 3.8) is 0 Å². The number of piperidine rings is 1. The second kappa shape index (κ2) is 5.49. The summed E-state index contributed by atoms with van der Waals surface area (Å²) in [6, 6.07) is 9.74. The Labute approximate surface area is 99.3 Å². The quantitative estimate of drug-likeness (QED) is 0.820. The summed E-state index contributed by atoms with van der Waals surface area (Å²) < 4.78 is 0. The number of benzene rings is 1. The maximum Gasteiger partial charge on any atom is 0.0108 e. The first-order chi connectivity index (χ1) is 7.78. The zero-order chi connectivity index (χ0) is 11.4. The Morgan fingerprint density at radius 3 is 2.75 bits per heavy atom. The summed E-state index contributed by atoms with van der Waals surface area (Å²) in [6.07, 6.45) is 5.05. The molecule has 0 saturated carbocycles. The Kier molecular flexibility index (Phi) is 4.00. The number of hydrogen-bond acceptors (Lipinski definition) is 1. The van der Waals surface area contributed by atoms with Gasteiger partial charge in [0, 0.05) is 6.04 Å². The van der Waals surface area contributed by atoms with E-state index in [1.807, 2.05) is 0 Å². The maximum atomic E-state index is 3.65. The van der Waals surface area contributed by atoms with Crippen molar-refractivity contribution < 1.29 is 0 Å². The van der Waals surface area contributed by atoms with Gasteiger partial charge < -0.3 is 5.32 Å². The molecule has 0 amide bonds. The van der Waals surface area contributed by atoms with Crippen LogP contribution >= 0.6 is 0 Å². The molecule has 0 aromatic heterocycles. The van der Waals surface area contributed by atoms with E-state index in [4.69, 9.17) is 0 Å². The topological polar surface area (TPSA) is 12.0 Å². The lowest BCUT2D eigenvalue weighted by Crippen LogP contribution is -2.39. The molecule has 0 aliphatic carbocycles. The monoisotopic (exact) mass is 217 g/mol. The van der Waals surface area contributed by atoms with Gasteiger partial charge >= 0.3 is 0 Å². The standard InChI is InChI=1S/C15H23N/c1-3-13-5-4-6-14(9-13)10-15-8-7-12(2)11-16-15/h4-6,9,12,15-16H,3,7-8,10-11H2,1-2H3. The summed E-state index contributed by atoms with van der Waals surface area (Å²) in [5, 5.41) is 3.65. The minimum Gasteiger partial charge on any atom is -0.313 e. The van der Waals surface area contributed by atoms with Crippen LogP contribution in [0.4, 0.5) is 0 Å². The van der Waals surface area contributed by atoms with Gasteiger partial charge in [0.05, 0.1) is 0 Å². The number of aryl methyl sites for hydroxylation is 1. The van der Waals surface area contributed by atoms with Gasteiger partial charge in [-0.05, 0) is 49.3 Å². The molecule has 1 heterocycles. The van der Waals surface area contributed by atoms with Crippen molar-refractivity contribution in [2.24, 2.45) is 5.92 Å². The Morgan fingerprint density at radius 1 is 1.25 bits per heavy atom. The predicted molar refractivity (Wildman–Crippen MR) is 69.7 cm³/mol. The smallest absolute Gasteiger partial charge is 0.0108 e. The number of hydrogen-bond donors (Lipinski definition) is 1. The van der Waals surface area contributed by atoms with Crippen molar-refractivity contribution in [3.8, 4) is 0 Å². The number of nitrogens with one attached hydrogen (secondary N) is 1. The molecule has 1 fully saturated rings. The van der Waals surface area contributed by atoms with E-state index < -0.39 is 0 Å². The minimum absolute atomic E-state index is 0.698. The highest BCUT2D eigenvalue weighted by atomic mass is 14.9. The van der Waals surface area contributed by atoms with Crippen LogP contribution < -0.4 is 5.32 Å². The molecule has 88 valence electrons. The van der Waals surface area contributed by atoms with E-state index in [1.54, 1.807) is 0 Å². The van der Waals surface area contributed by atoms with Gasteiger partial charge in [0.15, 0.2) is 0 Å². The molecular formula is C15H23N. The highest BCUT2D eigenvalue weighted by Crippen LogP contribution is 2.17. The summed E-state index contributed by atoms with van der Waals surface area (Å²) in [4.78, 5) is 0. The highest BCUT2D eigenvalue weighted by Gasteiger charge is 2.17. The van der Waals surface area contributed by atoms with Gasteiger partial charge in [0.25, 0.3) is 0 Å². The maximum absolute atomic E-state index is 3.65. The molecule has 0 spiro atoms. The summed E-state index contributed by atoms with van der Waals surface area (Å²) in [5.74, 6) is 0.859. The summed E-state index contributed by atoms with van der Waals surface area (Å²) in [5.41, 5.74) is 2.95. The summed E-state index contributed by atoms with van der Waals surface area (Å²) in [7, 11) is 0. The van der Waals surface area contributed by atoms with Crippen LogP contribution in [0.1, 0.15) is 37.8 Å². The lowest BCUT2D eigenvalue weighted by atomic mass is 9.92. The van der Waals surface area contributed by atoms with Crippen molar-refractivity contribution in [1.29, 1.82) is 0 Å². The minimum atomic E-state index is 0.698. The third-order valence-corrected chi connectivity index (χ3v) is 3.64. The second-order valence-electron chi connectivity index (χ2n) is 5.17. The fraction of sp³-hybridized carbons (Fsp3) is 0.600. The van der Waals surface area contributed by atoms with Crippen LogP contribution in [0.25, 0.3) is 0 Å². The second-order valence-corrected chi connectivity index (χ2v) is 5.17. The largest absolute Gasteiger partial charge is 0.313 e. The normalized spacial score (nSPS) is 25.6. The molecule has 16 heavy (non-hydrogen) atoms. The molecule has 1 heteroatoms. The number of rotatable bonds is 3. The Hall–Kier alpha value is -0.820. The van der Waals surface area contributed by atoms with Crippen LogP contribution in [0.5, 0.6) is 0 Å². The molecule has 1 aromatic rings. The molecule has 1 N–H and O–H groups in total. The molecule has 1 aliphatic heterocycles. The van der Waals surface area contributed by atoms with Crippen molar-refractivity contribution in [2.45, 2.75) is 45.6 Å². The van der Waals surface area contributed by atoms with E-state index in [-0.39, 0.29) is 0 Å². The van der Waals surface area contributed by atoms with E-state index in [2.05, 4.69) is 43.4 Å². The van der Waals surface area contributed by atoms with Crippen LogP contribution in [0.15, 0.2) is 24.3 Å². The van der Waals surface area contributed by atoms with E-state index in [0.29, 0.717) is 6.04 Å². The molecule has 0 bridgehead atoms.